The average molecular weight is 547 g/mol. The monoisotopic (exact) mass is 546 g/mol. The summed E-state index contributed by atoms with van der Waals surface area (Å²) < 4.78 is 26.8. The summed E-state index contributed by atoms with van der Waals surface area (Å²) in [6.45, 7) is 1.72. The van der Waals surface area contributed by atoms with Crippen LogP contribution in [0, 0.1) is 5.92 Å². The van der Waals surface area contributed by atoms with Crippen LogP contribution in [0.5, 0.6) is 0 Å². The first kappa shape index (κ1) is 30.0. The number of nitrogens with two attached hydrogens (primary N) is 1. The molecule has 38 heavy (non-hydrogen) atoms. The number of amides is 2. The van der Waals surface area contributed by atoms with Crippen LogP contribution < -0.4 is 16.4 Å². The van der Waals surface area contributed by atoms with Crippen LogP contribution in [0.4, 0.5) is 0 Å². The standard InChI is InChI=1S/C28H42N4O5S/c1-20(19-32(38(2,36)37)24-11-5-3-4-6-12-24)27(34)31-26(28(35)30-18-25(33)17-29)16-21-13-14-22-9-7-8-10-23(22)15-21/h7-10,13-15,20,24-26,33H,3-6,11-12,16-19,29H2,1-2H3,(H,30,35)(H,31,34)/t20?,25?,26-/m1/s1. The van der Waals surface area contributed by atoms with Gasteiger partial charge in [-0.1, -0.05) is 75.1 Å². The van der Waals surface area contributed by atoms with Gasteiger partial charge in [0.05, 0.1) is 12.4 Å². The fraction of sp³-hybridized carbons (Fsp3) is 0.571. The van der Waals surface area contributed by atoms with Crippen molar-refractivity contribution in [2.75, 3.05) is 25.9 Å². The highest BCUT2D eigenvalue weighted by Crippen LogP contribution is 2.25. The van der Waals surface area contributed by atoms with Crippen LogP contribution >= 0.6 is 0 Å². The lowest BCUT2D eigenvalue weighted by Crippen LogP contribution is -2.52. The fourth-order valence-corrected chi connectivity index (χ4v) is 6.25. The van der Waals surface area contributed by atoms with Gasteiger partial charge in [0.25, 0.3) is 0 Å². The molecule has 210 valence electrons. The molecule has 3 atom stereocenters. The van der Waals surface area contributed by atoms with E-state index in [1.54, 1.807) is 6.92 Å². The minimum Gasteiger partial charge on any atom is -0.390 e. The van der Waals surface area contributed by atoms with E-state index in [0.29, 0.717) is 0 Å². The molecule has 0 aromatic heterocycles. The summed E-state index contributed by atoms with van der Waals surface area (Å²) in [7, 11) is -3.51. The molecule has 5 N–H and O–H groups in total. The molecule has 1 saturated carbocycles. The second-order valence-electron chi connectivity index (χ2n) is 10.5. The molecule has 0 spiro atoms. The van der Waals surface area contributed by atoms with Gasteiger partial charge in [0, 0.05) is 38.0 Å². The molecule has 0 heterocycles. The molecule has 1 aliphatic rings. The highest BCUT2D eigenvalue weighted by atomic mass is 32.2. The minimum absolute atomic E-state index is 0.00150. The van der Waals surface area contributed by atoms with Crippen molar-refractivity contribution in [2.24, 2.45) is 11.7 Å². The number of benzene rings is 2. The molecule has 1 aliphatic carbocycles. The Bertz CT molecular complexity index is 1180. The van der Waals surface area contributed by atoms with Gasteiger partial charge >= 0.3 is 0 Å². The van der Waals surface area contributed by atoms with Crippen molar-refractivity contribution in [3.05, 3.63) is 48.0 Å². The molecule has 3 rings (SSSR count). The molecule has 2 amide bonds. The maximum atomic E-state index is 13.3. The van der Waals surface area contributed by atoms with Gasteiger partial charge in [-0.05, 0) is 29.2 Å². The second-order valence-corrected chi connectivity index (χ2v) is 12.4. The maximum Gasteiger partial charge on any atom is 0.243 e. The highest BCUT2D eigenvalue weighted by Gasteiger charge is 2.32. The van der Waals surface area contributed by atoms with Crippen molar-refractivity contribution < 1.29 is 23.1 Å². The zero-order chi connectivity index (χ0) is 27.7. The minimum atomic E-state index is -3.51. The lowest BCUT2D eigenvalue weighted by atomic mass is 10.00. The summed E-state index contributed by atoms with van der Waals surface area (Å²) in [4.78, 5) is 26.4. The number of hydrogen-bond acceptors (Lipinski definition) is 6. The van der Waals surface area contributed by atoms with Gasteiger partial charge in [0.1, 0.15) is 6.04 Å². The third-order valence-corrected chi connectivity index (χ3v) is 8.53. The molecular formula is C28H42N4O5S. The van der Waals surface area contributed by atoms with Crippen LogP contribution in [0.15, 0.2) is 42.5 Å². The second kappa shape index (κ2) is 14.0. The molecule has 9 nitrogen and oxygen atoms in total. The van der Waals surface area contributed by atoms with Crippen molar-refractivity contribution in [3.8, 4) is 0 Å². The van der Waals surface area contributed by atoms with Crippen LogP contribution in [-0.2, 0) is 26.0 Å². The molecule has 2 unspecified atom stereocenters. The van der Waals surface area contributed by atoms with Gasteiger partial charge in [-0.15, -0.1) is 0 Å². The zero-order valence-corrected chi connectivity index (χ0v) is 23.3. The number of rotatable bonds is 12. The van der Waals surface area contributed by atoms with Crippen LogP contribution in [0.2, 0.25) is 0 Å². The molecule has 1 fully saturated rings. The number of nitrogens with zero attached hydrogens (tertiary/aromatic N) is 1. The predicted molar refractivity (Wildman–Crippen MR) is 150 cm³/mol. The number of carbonyl (C=O) groups excluding carboxylic acids is 2. The Balaban J connectivity index is 1.75. The van der Waals surface area contributed by atoms with E-state index in [1.165, 1.54) is 10.6 Å². The molecule has 0 bridgehead atoms. The summed E-state index contributed by atoms with van der Waals surface area (Å²) in [5, 5.41) is 17.4. The predicted octanol–water partition coefficient (Wildman–Crippen LogP) is 1.92. The lowest BCUT2D eigenvalue weighted by molar-refractivity contribution is -0.131. The fourth-order valence-electron chi connectivity index (χ4n) is 5.00. The SMILES string of the molecule is CC(CN(C1CCCCCC1)S(C)(=O)=O)C(=O)N[C@H](Cc1ccc2ccccc2c1)C(=O)NCC(O)CN. The van der Waals surface area contributed by atoms with Gasteiger partial charge < -0.3 is 21.5 Å². The van der Waals surface area contributed by atoms with Crippen molar-refractivity contribution >= 4 is 32.6 Å². The number of hydrogen-bond donors (Lipinski definition) is 4. The van der Waals surface area contributed by atoms with Gasteiger partial charge in [-0.2, -0.15) is 4.31 Å². The van der Waals surface area contributed by atoms with E-state index in [9.17, 15) is 23.1 Å². The van der Waals surface area contributed by atoms with Crippen molar-refractivity contribution in [1.82, 2.24) is 14.9 Å². The van der Waals surface area contributed by atoms with E-state index >= 15 is 0 Å². The summed E-state index contributed by atoms with van der Waals surface area (Å²) in [5.74, 6) is -1.49. The number of aliphatic hydroxyl groups excluding tert-OH is 1. The Labute approximate surface area is 226 Å². The first-order valence-corrected chi connectivity index (χ1v) is 15.3. The number of fused-ring (bicyclic) bond motifs is 1. The van der Waals surface area contributed by atoms with E-state index in [2.05, 4.69) is 10.6 Å². The summed E-state index contributed by atoms with van der Waals surface area (Å²) >= 11 is 0. The average Bonchev–Trinajstić information content (AvgIpc) is 3.18. The Kier molecular flexibility index (Phi) is 11.1. The molecule has 0 radical (unpaired) electrons. The summed E-state index contributed by atoms with van der Waals surface area (Å²) in [6.07, 6.45) is 6.25. The number of sulfonamides is 1. The Morgan fingerprint density at radius 3 is 2.34 bits per heavy atom. The largest absolute Gasteiger partial charge is 0.390 e. The van der Waals surface area contributed by atoms with Crippen LogP contribution in [0.1, 0.15) is 51.0 Å². The first-order chi connectivity index (χ1) is 18.1. The Morgan fingerprint density at radius 1 is 1.05 bits per heavy atom. The molecule has 2 aromatic rings. The topological polar surface area (TPSA) is 142 Å². The Hall–Kier alpha value is -2.53. The number of carbonyl (C=O) groups is 2. The van der Waals surface area contributed by atoms with Crippen LogP contribution in [0.3, 0.4) is 0 Å². The van der Waals surface area contributed by atoms with E-state index < -0.39 is 39.9 Å². The summed E-state index contributed by atoms with van der Waals surface area (Å²) in [6, 6.07) is 12.7. The first-order valence-electron chi connectivity index (χ1n) is 13.5. The zero-order valence-electron chi connectivity index (χ0n) is 22.4. The van der Waals surface area contributed by atoms with E-state index in [4.69, 9.17) is 5.73 Å². The van der Waals surface area contributed by atoms with Gasteiger partial charge in [-0.3, -0.25) is 9.59 Å². The molecular weight excluding hydrogens is 504 g/mol. The summed E-state index contributed by atoms with van der Waals surface area (Å²) in [5.41, 5.74) is 6.33. The number of nitrogens with one attached hydrogen (secondary N) is 2. The smallest absolute Gasteiger partial charge is 0.243 e. The van der Waals surface area contributed by atoms with E-state index in [1.807, 2.05) is 42.5 Å². The lowest BCUT2D eigenvalue weighted by Gasteiger charge is -2.31. The van der Waals surface area contributed by atoms with E-state index in [0.717, 1.165) is 54.9 Å². The quantitative estimate of drug-likeness (QED) is 0.300. The molecule has 0 saturated heterocycles. The van der Waals surface area contributed by atoms with Crippen molar-refractivity contribution in [2.45, 2.75) is 70.1 Å². The van der Waals surface area contributed by atoms with Crippen molar-refractivity contribution in [1.29, 1.82) is 0 Å². The van der Waals surface area contributed by atoms with Gasteiger partial charge in [-0.25, -0.2) is 8.42 Å². The number of aliphatic hydroxyl groups is 1. The third kappa shape index (κ3) is 8.76. The highest BCUT2D eigenvalue weighted by molar-refractivity contribution is 7.88. The van der Waals surface area contributed by atoms with Gasteiger partial charge in [0.2, 0.25) is 21.8 Å². The molecule has 0 aliphatic heterocycles. The van der Waals surface area contributed by atoms with E-state index in [-0.39, 0.29) is 32.1 Å². The van der Waals surface area contributed by atoms with Crippen molar-refractivity contribution in [3.63, 3.8) is 0 Å². The normalized spacial score (nSPS) is 17.5. The molecule has 2 aromatic carbocycles. The van der Waals surface area contributed by atoms with Crippen LogP contribution in [0.25, 0.3) is 10.8 Å². The maximum absolute atomic E-state index is 13.3. The van der Waals surface area contributed by atoms with Gasteiger partial charge in [0.15, 0.2) is 0 Å². The molecule has 10 heteroatoms. The Morgan fingerprint density at radius 2 is 1.71 bits per heavy atom. The third-order valence-electron chi connectivity index (χ3n) is 7.23. The van der Waals surface area contributed by atoms with Crippen LogP contribution in [-0.4, -0.2) is 73.7 Å².